The van der Waals surface area contributed by atoms with Crippen LogP contribution in [0.2, 0.25) is 0 Å². The van der Waals surface area contributed by atoms with Crippen LogP contribution in [0.4, 0.5) is 0 Å². The van der Waals surface area contributed by atoms with Crippen LogP contribution in [0, 0.1) is 11.3 Å². The average Bonchev–Trinajstić information content (AvgIpc) is 3.82. The number of rotatable bonds is 4. The molecule has 3 heterocycles. The van der Waals surface area contributed by atoms with Crippen LogP contribution >= 0.6 is 0 Å². The van der Waals surface area contributed by atoms with E-state index in [1.165, 1.54) is 5.56 Å². The Labute approximate surface area is 229 Å². The van der Waals surface area contributed by atoms with Gasteiger partial charge in [-0.1, -0.05) is 32.8 Å². The molecule has 2 aromatic rings. The third-order valence-corrected chi connectivity index (χ3v) is 9.68. The molecule has 3 fully saturated rings. The number of benzene rings is 1. The van der Waals surface area contributed by atoms with Gasteiger partial charge in [0.15, 0.2) is 11.6 Å². The minimum atomic E-state index is -0.468. The SMILES string of the molecule is CCC(=O)[C@@H]1C[C@]23CNC(=O)[C@@H](C)CCCCCc4cc(C5CC5)cc5c(C(C)=O)nn(c45)CC(=O)N1[C@@H]2C3. The van der Waals surface area contributed by atoms with Crippen molar-refractivity contribution in [2.75, 3.05) is 6.54 Å². The molecule has 0 radical (unpaired) electrons. The van der Waals surface area contributed by atoms with Crippen molar-refractivity contribution in [1.82, 2.24) is 20.0 Å². The van der Waals surface area contributed by atoms with E-state index in [2.05, 4.69) is 17.4 Å². The van der Waals surface area contributed by atoms with Gasteiger partial charge in [0, 0.05) is 42.7 Å². The van der Waals surface area contributed by atoms with Crippen molar-refractivity contribution in [2.45, 2.75) is 110 Å². The molecular formula is C31H40N4O4. The smallest absolute Gasteiger partial charge is 0.245 e. The van der Waals surface area contributed by atoms with Gasteiger partial charge in [0.25, 0.3) is 0 Å². The maximum atomic E-state index is 14.0. The van der Waals surface area contributed by atoms with Crippen LogP contribution in [0.15, 0.2) is 12.1 Å². The zero-order chi connectivity index (χ0) is 27.5. The quantitative estimate of drug-likeness (QED) is 0.591. The van der Waals surface area contributed by atoms with Crippen LogP contribution in [0.25, 0.3) is 10.9 Å². The van der Waals surface area contributed by atoms with Crippen LogP contribution in [-0.2, 0) is 27.3 Å². The van der Waals surface area contributed by atoms with E-state index in [0.29, 0.717) is 31.0 Å². The largest absolute Gasteiger partial charge is 0.355 e. The molecule has 2 amide bonds. The van der Waals surface area contributed by atoms with Crippen LogP contribution in [0.1, 0.15) is 106 Å². The van der Waals surface area contributed by atoms with Crippen molar-refractivity contribution >= 4 is 34.3 Å². The number of hydrogen-bond donors (Lipinski definition) is 1. The predicted octanol–water partition coefficient (Wildman–Crippen LogP) is 4.32. The van der Waals surface area contributed by atoms with Gasteiger partial charge in [-0.15, -0.1) is 0 Å². The highest BCUT2D eigenvalue weighted by atomic mass is 16.2. The van der Waals surface area contributed by atoms with Gasteiger partial charge in [-0.2, -0.15) is 5.10 Å². The van der Waals surface area contributed by atoms with Gasteiger partial charge in [-0.3, -0.25) is 23.9 Å². The van der Waals surface area contributed by atoms with E-state index >= 15 is 0 Å². The number of nitrogens with zero attached hydrogens (tertiary/aromatic N) is 3. The monoisotopic (exact) mass is 532 g/mol. The lowest BCUT2D eigenvalue weighted by Gasteiger charge is -2.26. The zero-order valence-electron chi connectivity index (χ0n) is 23.4. The third kappa shape index (κ3) is 4.70. The Bertz CT molecular complexity index is 1360. The number of Topliss-reactive ketones (excluding diaryl/α,β-unsaturated/α-hetero) is 2. The van der Waals surface area contributed by atoms with E-state index in [-0.39, 0.29) is 47.3 Å². The molecule has 8 nitrogen and oxygen atoms in total. The lowest BCUT2D eigenvalue weighted by molar-refractivity contribution is -0.139. The first-order chi connectivity index (χ1) is 18.7. The van der Waals surface area contributed by atoms with Crippen LogP contribution in [0.5, 0.6) is 0 Å². The number of carbonyl (C=O) groups is 4. The highest BCUT2D eigenvalue weighted by Crippen LogP contribution is 2.59. The molecule has 0 unspecified atom stereocenters. The fraction of sp³-hybridized carbons (Fsp3) is 0.645. The number of aromatic nitrogens is 2. The molecule has 1 aromatic heterocycles. The highest BCUT2D eigenvalue weighted by molar-refractivity contribution is 6.06. The molecule has 2 bridgehead atoms. The summed E-state index contributed by atoms with van der Waals surface area (Å²) in [6, 6.07) is 3.87. The fourth-order valence-electron chi connectivity index (χ4n) is 7.12. The van der Waals surface area contributed by atoms with Crippen molar-refractivity contribution in [2.24, 2.45) is 11.3 Å². The summed E-state index contributed by atoms with van der Waals surface area (Å²) >= 11 is 0. The van der Waals surface area contributed by atoms with E-state index in [0.717, 1.165) is 67.8 Å². The number of hydrogen-bond acceptors (Lipinski definition) is 5. The summed E-state index contributed by atoms with van der Waals surface area (Å²) in [6.45, 7) is 5.88. The fourth-order valence-corrected chi connectivity index (χ4v) is 7.12. The van der Waals surface area contributed by atoms with Gasteiger partial charge in [-0.25, -0.2) is 0 Å². The minimum Gasteiger partial charge on any atom is -0.355 e. The van der Waals surface area contributed by atoms with E-state index < -0.39 is 6.04 Å². The predicted molar refractivity (Wildman–Crippen MR) is 147 cm³/mol. The summed E-state index contributed by atoms with van der Waals surface area (Å²) in [4.78, 5) is 54.3. The Morgan fingerprint density at radius 3 is 2.62 bits per heavy atom. The Kier molecular flexibility index (Phi) is 6.63. The molecule has 39 heavy (non-hydrogen) atoms. The molecule has 2 aliphatic heterocycles. The third-order valence-electron chi connectivity index (χ3n) is 9.68. The van der Waals surface area contributed by atoms with Gasteiger partial charge < -0.3 is 10.2 Å². The Hall–Kier alpha value is -3.03. The minimum absolute atomic E-state index is 0.00300. The number of piperidine rings is 1. The Morgan fingerprint density at radius 2 is 1.90 bits per heavy atom. The van der Waals surface area contributed by atoms with Crippen molar-refractivity contribution in [1.29, 1.82) is 0 Å². The van der Waals surface area contributed by atoms with E-state index in [9.17, 15) is 19.2 Å². The summed E-state index contributed by atoms with van der Waals surface area (Å²) in [7, 11) is 0. The maximum absolute atomic E-state index is 14.0. The van der Waals surface area contributed by atoms with Crippen molar-refractivity contribution in [3.05, 3.63) is 29.0 Å². The molecular weight excluding hydrogens is 492 g/mol. The second-order valence-electron chi connectivity index (χ2n) is 12.6. The molecule has 1 saturated heterocycles. The molecule has 6 rings (SSSR count). The van der Waals surface area contributed by atoms with E-state index in [4.69, 9.17) is 5.10 Å². The highest BCUT2D eigenvalue weighted by Gasteiger charge is 2.66. The normalized spacial score (nSPS) is 29.6. The lowest BCUT2D eigenvalue weighted by atomic mass is 9.95. The molecule has 2 saturated carbocycles. The topological polar surface area (TPSA) is 101 Å². The Morgan fingerprint density at radius 1 is 1.10 bits per heavy atom. The molecule has 1 aromatic carbocycles. The summed E-state index contributed by atoms with van der Waals surface area (Å²) in [6.07, 6.45) is 8.73. The van der Waals surface area contributed by atoms with Crippen LogP contribution in [-0.4, -0.2) is 56.7 Å². The number of nitrogens with one attached hydrogen (secondary N) is 1. The van der Waals surface area contributed by atoms with Crippen molar-refractivity contribution in [3.63, 3.8) is 0 Å². The molecule has 4 atom stereocenters. The van der Waals surface area contributed by atoms with Crippen LogP contribution < -0.4 is 5.32 Å². The summed E-state index contributed by atoms with van der Waals surface area (Å²) in [5.74, 6) is 0.371. The van der Waals surface area contributed by atoms with Gasteiger partial charge in [0.05, 0.1) is 11.6 Å². The van der Waals surface area contributed by atoms with E-state index in [1.807, 2.05) is 13.8 Å². The summed E-state index contributed by atoms with van der Waals surface area (Å²) in [5, 5.41) is 8.72. The molecule has 4 aliphatic rings. The number of carbonyl (C=O) groups excluding carboxylic acids is 4. The molecule has 2 aliphatic carbocycles. The molecule has 8 heteroatoms. The van der Waals surface area contributed by atoms with E-state index in [1.54, 1.807) is 16.5 Å². The van der Waals surface area contributed by atoms with Crippen molar-refractivity contribution < 1.29 is 19.2 Å². The first-order valence-corrected chi connectivity index (χ1v) is 14.9. The second-order valence-corrected chi connectivity index (χ2v) is 12.6. The Balaban J connectivity index is 1.41. The van der Waals surface area contributed by atoms with Gasteiger partial charge >= 0.3 is 0 Å². The number of aryl methyl sites for hydroxylation is 1. The van der Waals surface area contributed by atoms with Crippen LogP contribution in [0.3, 0.4) is 0 Å². The van der Waals surface area contributed by atoms with Gasteiger partial charge in [0.1, 0.15) is 12.2 Å². The lowest BCUT2D eigenvalue weighted by Crippen LogP contribution is -2.44. The summed E-state index contributed by atoms with van der Waals surface area (Å²) < 4.78 is 1.73. The first-order valence-electron chi connectivity index (χ1n) is 14.9. The van der Waals surface area contributed by atoms with Crippen molar-refractivity contribution in [3.8, 4) is 0 Å². The average molecular weight is 533 g/mol. The standard InChI is InChI=1S/C31H40N4O4/c1-4-25(37)24-14-31-15-26(31)35(24)27(38)16-34-29-21(9-7-5-6-8-18(2)30(39)32-17-31)12-22(20-10-11-20)13-23(29)28(33-34)19(3)36/h12-13,18,20,24,26H,4-11,14-17H2,1-3H3,(H,32,39)/t18-,24-,26+,31-/m0/s1. The van der Waals surface area contributed by atoms with Gasteiger partial charge in [0.2, 0.25) is 11.8 Å². The van der Waals surface area contributed by atoms with Gasteiger partial charge in [-0.05, 0) is 68.1 Å². The maximum Gasteiger partial charge on any atom is 0.245 e. The molecule has 0 spiro atoms. The zero-order valence-corrected chi connectivity index (χ0v) is 23.4. The first kappa shape index (κ1) is 26.2. The number of ketones is 2. The number of amides is 2. The summed E-state index contributed by atoms with van der Waals surface area (Å²) in [5.41, 5.74) is 3.48. The molecule has 1 N–H and O–H groups in total. The molecule has 208 valence electrons. The second kappa shape index (κ2) is 9.86.